The molecule has 0 saturated heterocycles. The van der Waals surface area contributed by atoms with E-state index in [1.54, 1.807) is 23.5 Å². The number of thiophene rings is 1. The van der Waals surface area contributed by atoms with Crippen molar-refractivity contribution in [1.29, 1.82) is 0 Å². The molecular formula is C17H18FNOS. The van der Waals surface area contributed by atoms with E-state index in [0.717, 1.165) is 13.1 Å². The van der Waals surface area contributed by atoms with Gasteiger partial charge in [-0.1, -0.05) is 0 Å². The van der Waals surface area contributed by atoms with Crippen molar-refractivity contribution >= 4 is 17.1 Å². The van der Waals surface area contributed by atoms with E-state index >= 15 is 0 Å². The van der Waals surface area contributed by atoms with Gasteiger partial charge in [0.15, 0.2) is 5.78 Å². The summed E-state index contributed by atoms with van der Waals surface area (Å²) in [6, 6.07) is 8.60. The Kier molecular flexibility index (Phi) is 4.46. The van der Waals surface area contributed by atoms with Gasteiger partial charge in [-0.25, -0.2) is 4.39 Å². The van der Waals surface area contributed by atoms with E-state index in [9.17, 15) is 9.18 Å². The summed E-state index contributed by atoms with van der Waals surface area (Å²) >= 11 is 1.71. The summed E-state index contributed by atoms with van der Waals surface area (Å²) in [6.45, 7) is 1.70. The van der Waals surface area contributed by atoms with Crippen molar-refractivity contribution in [2.75, 3.05) is 6.54 Å². The minimum atomic E-state index is -0.302. The highest BCUT2D eigenvalue weighted by atomic mass is 32.1. The molecular weight excluding hydrogens is 285 g/mol. The minimum Gasteiger partial charge on any atom is -0.296 e. The van der Waals surface area contributed by atoms with Crippen LogP contribution in [0.4, 0.5) is 4.39 Å². The highest BCUT2D eigenvalue weighted by Crippen LogP contribution is 2.29. The topological polar surface area (TPSA) is 20.3 Å². The summed E-state index contributed by atoms with van der Waals surface area (Å²) in [4.78, 5) is 14.6. The van der Waals surface area contributed by atoms with E-state index in [1.807, 2.05) is 0 Å². The predicted molar refractivity (Wildman–Crippen MR) is 83.1 cm³/mol. The molecule has 0 radical (unpaired) electrons. The lowest BCUT2D eigenvalue weighted by Crippen LogP contribution is -2.28. The van der Waals surface area contributed by atoms with Crippen LogP contribution in [0, 0.1) is 5.82 Å². The summed E-state index contributed by atoms with van der Waals surface area (Å²) < 4.78 is 12.9. The number of hydrogen-bond donors (Lipinski definition) is 0. The number of carbonyl (C=O) groups is 1. The molecule has 4 heteroatoms. The number of rotatable bonds is 7. The smallest absolute Gasteiger partial charge is 0.164 e. The number of benzene rings is 1. The zero-order valence-corrected chi connectivity index (χ0v) is 12.6. The Morgan fingerprint density at radius 3 is 2.62 bits per heavy atom. The van der Waals surface area contributed by atoms with Gasteiger partial charge in [-0.15, -0.1) is 0 Å². The Hall–Kier alpha value is -1.52. The van der Waals surface area contributed by atoms with Crippen LogP contribution < -0.4 is 0 Å². The van der Waals surface area contributed by atoms with E-state index in [2.05, 4.69) is 21.7 Å². The minimum absolute atomic E-state index is 0.0889. The van der Waals surface area contributed by atoms with Crippen molar-refractivity contribution in [3.63, 3.8) is 0 Å². The molecule has 3 rings (SSSR count). The van der Waals surface area contributed by atoms with Gasteiger partial charge in [-0.3, -0.25) is 9.69 Å². The second-order valence-electron chi connectivity index (χ2n) is 5.51. The highest BCUT2D eigenvalue weighted by molar-refractivity contribution is 7.07. The van der Waals surface area contributed by atoms with Gasteiger partial charge < -0.3 is 0 Å². The fourth-order valence-corrected chi connectivity index (χ4v) is 3.13. The van der Waals surface area contributed by atoms with Crippen LogP contribution >= 0.6 is 11.3 Å². The molecule has 0 bridgehead atoms. The molecule has 21 heavy (non-hydrogen) atoms. The summed E-state index contributed by atoms with van der Waals surface area (Å²) in [5, 5.41) is 4.25. The third-order valence-corrected chi connectivity index (χ3v) is 4.55. The second-order valence-corrected chi connectivity index (χ2v) is 6.29. The van der Waals surface area contributed by atoms with Gasteiger partial charge in [0.1, 0.15) is 5.82 Å². The third kappa shape index (κ3) is 3.99. The van der Waals surface area contributed by atoms with Crippen molar-refractivity contribution in [3.8, 4) is 0 Å². The van der Waals surface area contributed by atoms with Crippen LogP contribution in [0.25, 0.3) is 0 Å². The van der Waals surface area contributed by atoms with E-state index in [1.165, 1.54) is 30.5 Å². The van der Waals surface area contributed by atoms with Crippen LogP contribution in [0.5, 0.6) is 0 Å². The highest BCUT2D eigenvalue weighted by Gasteiger charge is 2.29. The maximum Gasteiger partial charge on any atom is 0.164 e. The maximum absolute atomic E-state index is 12.9. The van der Waals surface area contributed by atoms with Gasteiger partial charge in [0.2, 0.25) is 0 Å². The lowest BCUT2D eigenvalue weighted by molar-refractivity contribution is 0.0960. The van der Waals surface area contributed by atoms with Gasteiger partial charge in [-0.2, -0.15) is 11.3 Å². The molecule has 1 aliphatic carbocycles. The first kappa shape index (κ1) is 14.4. The molecule has 1 aromatic heterocycles. The SMILES string of the molecule is O=C(CCN(Cc1ccsc1)C1CC1)c1ccc(F)cc1. The lowest BCUT2D eigenvalue weighted by Gasteiger charge is -2.21. The van der Waals surface area contributed by atoms with Crippen molar-refractivity contribution in [2.45, 2.75) is 31.8 Å². The van der Waals surface area contributed by atoms with E-state index < -0.39 is 0 Å². The molecule has 2 nitrogen and oxygen atoms in total. The number of ketones is 1. The molecule has 2 aromatic rings. The molecule has 0 aliphatic heterocycles. The van der Waals surface area contributed by atoms with Crippen LogP contribution in [-0.4, -0.2) is 23.3 Å². The van der Waals surface area contributed by atoms with Gasteiger partial charge >= 0.3 is 0 Å². The van der Waals surface area contributed by atoms with Crippen LogP contribution in [0.3, 0.4) is 0 Å². The van der Waals surface area contributed by atoms with Crippen molar-refractivity contribution < 1.29 is 9.18 Å². The standard InChI is InChI=1S/C17H18FNOS/c18-15-3-1-14(2-4-15)17(20)7-9-19(16-5-6-16)11-13-8-10-21-12-13/h1-4,8,10,12,16H,5-7,9,11H2. The van der Waals surface area contributed by atoms with Crippen LogP contribution in [0.15, 0.2) is 41.1 Å². The molecule has 0 N–H and O–H groups in total. The number of hydrogen-bond acceptors (Lipinski definition) is 3. The molecule has 1 aliphatic rings. The molecule has 1 fully saturated rings. The van der Waals surface area contributed by atoms with Crippen molar-refractivity contribution in [3.05, 3.63) is 58.0 Å². The summed E-state index contributed by atoms with van der Waals surface area (Å²) in [5.74, 6) is -0.213. The fourth-order valence-electron chi connectivity index (χ4n) is 2.47. The zero-order chi connectivity index (χ0) is 14.7. The van der Waals surface area contributed by atoms with Crippen LogP contribution in [0.2, 0.25) is 0 Å². The predicted octanol–water partition coefficient (Wildman–Crippen LogP) is 4.12. The first-order valence-corrected chi connectivity index (χ1v) is 8.20. The molecule has 1 aromatic carbocycles. The van der Waals surface area contributed by atoms with E-state index in [0.29, 0.717) is 18.0 Å². The molecule has 0 unspecified atom stereocenters. The first-order valence-electron chi connectivity index (χ1n) is 7.26. The van der Waals surface area contributed by atoms with Crippen LogP contribution in [0.1, 0.15) is 35.2 Å². The van der Waals surface area contributed by atoms with Gasteiger partial charge in [0, 0.05) is 31.1 Å². The number of nitrogens with zero attached hydrogens (tertiary/aromatic N) is 1. The van der Waals surface area contributed by atoms with Crippen molar-refractivity contribution in [2.24, 2.45) is 0 Å². The third-order valence-electron chi connectivity index (χ3n) is 3.82. The average Bonchev–Trinajstić information content (AvgIpc) is 3.21. The zero-order valence-electron chi connectivity index (χ0n) is 11.8. The maximum atomic E-state index is 12.9. The molecule has 110 valence electrons. The summed E-state index contributed by atoms with van der Waals surface area (Å²) in [5.41, 5.74) is 1.92. The van der Waals surface area contributed by atoms with Crippen LogP contribution in [-0.2, 0) is 6.54 Å². The monoisotopic (exact) mass is 303 g/mol. The van der Waals surface area contributed by atoms with E-state index in [-0.39, 0.29) is 11.6 Å². The molecule has 1 saturated carbocycles. The number of carbonyl (C=O) groups excluding carboxylic acids is 1. The molecule has 1 heterocycles. The Morgan fingerprint density at radius 2 is 2.00 bits per heavy atom. The quantitative estimate of drug-likeness (QED) is 0.717. The van der Waals surface area contributed by atoms with Gasteiger partial charge in [-0.05, 0) is 59.5 Å². The van der Waals surface area contributed by atoms with Crippen molar-refractivity contribution in [1.82, 2.24) is 4.90 Å². The Morgan fingerprint density at radius 1 is 1.24 bits per heavy atom. The van der Waals surface area contributed by atoms with E-state index in [4.69, 9.17) is 0 Å². The Balaban J connectivity index is 1.56. The Labute approximate surface area is 128 Å². The fraction of sp³-hybridized carbons (Fsp3) is 0.353. The lowest BCUT2D eigenvalue weighted by atomic mass is 10.1. The normalized spacial score (nSPS) is 14.6. The van der Waals surface area contributed by atoms with Gasteiger partial charge in [0.05, 0.1) is 0 Å². The number of halogens is 1. The average molecular weight is 303 g/mol. The molecule has 0 atom stereocenters. The second kappa shape index (κ2) is 6.50. The Bertz CT molecular complexity index is 590. The molecule has 0 amide bonds. The largest absolute Gasteiger partial charge is 0.296 e. The number of Topliss-reactive ketones (excluding diaryl/α,β-unsaturated/α-hetero) is 1. The first-order chi connectivity index (χ1) is 10.2. The summed E-state index contributed by atoms with van der Waals surface area (Å²) in [6.07, 6.45) is 2.95. The summed E-state index contributed by atoms with van der Waals surface area (Å²) in [7, 11) is 0. The molecule has 0 spiro atoms. The van der Waals surface area contributed by atoms with Gasteiger partial charge in [0.25, 0.3) is 0 Å².